The SMILES string of the molecule is Cc1c([N+](=O)[O-])ccc2c(=O)c(O)c(-c3ccc(O)c(O)c3)oc12. The number of hydrogen-bond donors (Lipinski definition) is 3. The van der Waals surface area contributed by atoms with Crippen LogP contribution in [0.4, 0.5) is 5.69 Å². The summed E-state index contributed by atoms with van der Waals surface area (Å²) in [5, 5.41) is 40.0. The molecule has 0 amide bonds. The Balaban J connectivity index is 2.39. The Morgan fingerprint density at radius 3 is 2.42 bits per heavy atom. The van der Waals surface area contributed by atoms with Crippen LogP contribution in [0.15, 0.2) is 39.5 Å². The van der Waals surface area contributed by atoms with E-state index in [9.17, 15) is 30.2 Å². The molecular weight excluding hydrogens is 318 g/mol. The highest BCUT2D eigenvalue weighted by Crippen LogP contribution is 2.36. The fourth-order valence-electron chi connectivity index (χ4n) is 2.43. The average molecular weight is 329 g/mol. The van der Waals surface area contributed by atoms with E-state index in [1.54, 1.807) is 0 Å². The summed E-state index contributed by atoms with van der Waals surface area (Å²) in [4.78, 5) is 22.7. The van der Waals surface area contributed by atoms with Crippen LogP contribution in [0.5, 0.6) is 17.2 Å². The molecule has 0 fully saturated rings. The van der Waals surface area contributed by atoms with Crippen molar-refractivity contribution >= 4 is 16.7 Å². The zero-order valence-electron chi connectivity index (χ0n) is 12.3. The van der Waals surface area contributed by atoms with Gasteiger partial charge in [-0.25, -0.2) is 0 Å². The number of nitro benzene ring substituents is 1. The first kappa shape index (κ1) is 15.3. The smallest absolute Gasteiger partial charge is 0.276 e. The van der Waals surface area contributed by atoms with Gasteiger partial charge in [0, 0.05) is 11.6 Å². The molecule has 3 N–H and O–H groups in total. The van der Waals surface area contributed by atoms with Crippen molar-refractivity contribution < 1.29 is 24.7 Å². The molecule has 0 aliphatic rings. The maximum Gasteiger partial charge on any atom is 0.276 e. The van der Waals surface area contributed by atoms with Gasteiger partial charge in [-0.15, -0.1) is 0 Å². The zero-order valence-corrected chi connectivity index (χ0v) is 12.3. The topological polar surface area (TPSA) is 134 Å². The van der Waals surface area contributed by atoms with Crippen molar-refractivity contribution in [3.63, 3.8) is 0 Å². The zero-order chi connectivity index (χ0) is 17.6. The van der Waals surface area contributed by atoms with Crippen LogP contribution < -0.4 is 5.43 Å². The summed E-state index contributed by atoms with van der Waals surface area (Å²) >= 11 is 0. The van der Waals surface area contributed by atoms with Gasteiger partial charge in [-0.05, 0) is 31.2 Å². The number of rotatable bonds is 2. The van der Waals surface area contributed by atoms with Crippen LogP contribution in [0.3, 0.4) is 0 Å². The summed E-state index contributed by atoms with van der Waals surface area (Å²) in [6.07, 6.45) is 0. The van der Waals surface area contributed by atoms with Crippen LogP contribution in [-0.4, -0.2) is 20.2 Å². The van der Waals surface area contributed by atoms with Crippen LogP contribution in [0.25, 0.3) is 22.3 Å². The summed E-state index contributed by atoms with van der Waals surface area (Å²) in [5.74, 6) is -1.80. The Kier molecular flexibility index (Phi) is 3.37. The number of aromatic hydroxyl groups is 3. The molecule has 1 aromatic heterocycles. The van der Waals surface area contributed by atoms with Crippen LogP contribution in [0.1, 0.15) is 5.56 Å². The molecule has 0 aliphatic carbocycles. The van der Waals surface area contributed by atoms with Gasteiger partial charge in [0.25, 0.3) is 5.69 Å². The van der Waals surface area contributed by atoms with Gasteiger partial charge in [-0.3, -0.25) is 14.9 Å². The molecule has 0 saturated heterocycles. The summed E-state index contributed by atoms with van der Waals surface area (Å²) < 4.78 is 5.53. The highest BCUT2D eigenvalue weighted by Gasteiger charge is 2.21. The second-order valence-corrected chi connectivity index (χ2v) is 5.16. The highest BCUT2D eigenvalue weighted by atomic mass is 16.6. The molecule has 0 atom stereocenters. The molecule has 3 aromatic rings. The van der Waals surface area contributed by atoms with Crippen molar-refractivity contribution in [2.75, 3.05) is 0 Å². The molecule has 1 heterocycles. The largest absolute Gasteiger partial charge is 0.504 e. The third-order valence-electron chi connectivity index (χ3n) is 3.69. The van der Waals surface area contributed by atoms with Gasteiger partial charge in [-0.2, -0.15) is 0 Å². The minimum atomic E-state index is -0.753. The molecule has 3 rings (SSSR count). The predicted molar refractivity (Wildman–Crippen MR) is 84.3 cm³/mol. The molecular formula is C16H11NO7. The van der Waals surface area contributed by atoms with Gasteiger partial charge >= 0.3 is 0 Å². The van der Waals surface area contributed by atoms with Crippen molar-refractivity contribution in [2.45, 2.75) is 6.92 Å². The van der Waals surface area contributed by atoms with Crippen LogP contribution in [0, 0.1) is 17.0 Å². The Morgan fingerprint density at radius 1 is 1.08 bits per heavy atom. The Morgan fingerprint density at radius 2 is 1.79 bits per heavy atom. The van der Waals surface area contributed by atoms with Crippen molar-refractivity contribution in [3.05, 3.63) is 56.2 Å². The van der Waals surface area contributed by atoms with Crippen LogP contribution in [0.2, 0.25) is 0 Å². The monoisotopic (exact) mass is 329 g/mol. The van der Waals surface area contributed by atoms with Gasteiger partial charge in [0.1, 0.15) is 5.58 Å². The maximum absolute atomic E-state index is 12.3. The van der Waals surface area contributed by atoms with E-state index in [4.69, 9.17) is 4.42 Å². The van der Waals surface area contributed by atoms with Crippen LogP contribution >= 0.6 is 0 Å². The van der Waals surface area contributed by atoms with E-state index in [1.165, 1.54) is 25.1 Å². The van der Waals surface area contributed by atoms with Gasteiger partial charge in [0.15, 0.2) is 17.3 Å². The molecule has 0 saturated carbocycles. The second-order valence-electron chi connectivity index (χ2n) is 5.16. The first-order valence-electron chi connectivity index (χ1n) is 6.77. The lowest BCUT2D eigenvalue weighted by molar-refractivity contribution is -0.385. The van der Waals surface area contributed by atoms with Gasteiger partial charge < -0.3 is 19.7 Å². The molecule has 0 spiro atoms. The van der Waals surface area contributed by atoms with Crippen LogP contribution in [-0.2, 0) is 0 Å². The number of aryl methyl sites for hydroxylation is 1. The summed E-state index contributed by atoms with van der Waals surface area (Å²) in [5.41, 5.74) is -0.742. The molecule has 0 radical (unpaired) electrons. The van der Waals surface area contributed by atoms with Gasteiger partial charge in [-0.1, -0.05) is 0 Å². The molecule has 8 heteroatoms. The lowest BCUT2D eigenvalue weighted by Gasteiger charge is -2.08. The number of nitrogens with zero attached hydrogens (tertiary/aromatic N) is 1. The number of hydrogen-bond acceptors (Lipinski definition) is 7. The lowest BCUT2D eigenvalue weighted by Crippen LogP contribution is -2.04. The number of phenols is 2. The van der Waals surface area contributed by atoms with Gasteiger partial charge in [0.2, 0.25) is 11.2 Å². The van der Waals surface area contributed by atoms with E-state index in [0.29, 0.717) is 0 Å². The van der Waals surface area contributed by atoms with Crippen molar-refractivity contribution in [1.29, 1.82) is 0 Å². The number of phenolic OH excluding ortho intramolecular Hbond substituents is 2. The minimum absolute atomic E-state index is 0.00218. The normalized spacial score (nSPS) is 10.9. The predicted octanol–water partition coefficient (Wildman–Crippen LogP) is 2.79. The van der Waals surface area contributed by atoms with Crippen molar-refractivity contribution in [3.8, 4) is 28.6 Å². The molecule has 2 aromatic carbocycles. The molecule has 0 aliphatic heterocycles. The Hall–Kier alpha value is -3.55. The quantitative estimate of drug-likeness (QED) is 0.374. The van der Waals surface area contributed by atoms with E-state index in [2.05, 4.69) is 0 Å². The van der Waals surface area contributed by atoms with E-state index in [1.807, 2.05) is 0 Å². The highest BCUT2D eigenvalue weighted by molar-refractivity contribution is 5.86. The Labute approximate surface area is 134 Å². The summed E-state index contributed by atoms with van der Waals surface area (Å²) in [6, 6.07) is 5.97. The Bertz CT molecular complexity index is 1050. The third kappa shape index (κ3) is 2.21. The number of benzene rings is 2. The fourth-order valence-corrected chi connectivity index (χ4v) is 2.43. The minimum Gasteiger partial charge on any atom is -0.504 e. The van der Waals surface area contributed by atoms with Crippen molar-refractivity contribution in [2.24, 2.45) is 0 Å². The summed E-state index contributed by atoms with van der Waals surface area (Å²) in [7, 11) is 0. The molecule has 0 bridgehead atoms. The molecule has 122 valence electrons. The fraction of sp³-hybridized carbons (Fsp3) is 0.0625. The maximum atomic E-state index is 12.3. The summed E-state index contributed by atoms with van der Waals surface area (Å²) in [6.45, 7) is 1.43. The standard InChI is InChI=1S/C16H11NO7/c1-7-10(17(22)23)4-3-9-13(20)14(21)16(24-15(7)9)8-2-5-11(18)12(19)6-8/h2-6,18-19,21H,1H3. The van der Waals surface area contributed by atoms with E-state index in [0.717, 1.165) is 12.1 Å². The van der Waals surface area contributed by atoms with E-state index in [-0.39, 0.29) is 39.3 Å². The average Bonchev–Trinajstić information content (AvgIpc) is 2.54. The number of fused-ring (bicyclic) bond motifs is 1. The number of nitro groups is 1. The molecule has 24 heavy (non-hydrogen) atoms. The molecule has 0 unspecified atom stereocenters. The third-order valence-corrected chi connectivity index (χ3v) is 3.69. The lowest BCUT2D eigenvalue weighted by atomic mass is 10.1. The molecule has 8 nitrogen and oxygen atoms in total. The first-order chi connectivity index (χ1) is 11.3. The van der Waals surface area contributed by atoms with Gasteiger partial charge in [0.05, 0.1) is 15.9 Å². The van der Waals surface area contributed by atoms with E-state index < -0.39 is 21.9 Å². The second kappa shape index (κ2) is 5.27. The first-order valence-corrected chi connectivity index (χ1v) is 6.77. The van der Waals surface area contributed by atoms with E-state index >= 15 is 0 Å². The van der Waals surface area contributed by atoms with Crippen molar-refractivity contribution in [1.82, 2.24) is 0 Å².